The van der Waals surface area contributed by atoms with Crippen LogP contribution in [0.5, 0.6) is 0 Å². The molecule has 6 heteroatoms. The number of halogens is 1. The number of ether oxygens (including phenoxy) is 1. The molecule has 0 amide bonds. The molecule has 0 unspecified atom stereocenters. The van der Waals surface area contributed by atoms with Crippen molar-refractivity contribution in [3.63, 3.8) is 0 Å². The highest BCUT2D eigenvalue weighted by molar-refractivity contribution is 5.89. The number of esters is 1. The summed E-state index contributed by atoms with van der Waals surface area (Å²) in [5, 5.41) is 4.54. The topological polar surface area (TPSA) is 57.0 Å². The molecule has 28 heavy (non-hydrogen) atoms. The van der Waals surface area contributed by atoms with Gasteiger partial charge in [0.15, 0.2) is 5.69 Å². The molecule has 0 bridgehead atoms. The number of hydrogen-bond donors (Lipinski definition) is 0. The molecule has 0 N–H and O–H groups in total. The number of pyridine rings is 1. The van der Waals surface area contributed by atoms with Crippen LogP contribution in [-0.2, 0) is 24.0 Å². The summed E-state index contributed by atoms with van der Waals surface area (Å²) in [7, 11) is 0. The Morgan fingerprint density at radius 3 is 2.75 bits per heavy atom. The van der Waals surface area contributed by atoms with Crippen LogP contribution in [0.25, 0.3) is 5.69 Å². The van der Waals surface area contributed by atoms with Crippen molar-refractivity contribution in [2.45, 2.75) is 38.5 Å². The third kappa shape index (κ3) is 3.96. The second-order valence-electron chi connectivity index (χ2n) is 6.97. The van der Waals surface area contributed by atoms with Gasteiger partial charge in [-0.1, -0.05) is 6.07 Å². The lowest BCUT2D eigenvalue weighted by molar-refractivity contribution is 0.0492. The highest BCUT2D eigenvalue weighted by Crippen LogP contribution is 2.27. The van der Waals surface area contributed by atoms with Crippen LogP contribution in [0.1, 0.15) is 46.6 Å². The summed E-state index contributed by atoms with van der Waals surface area (Å²) in [4.78, 5) is 16.7. The number of nitrogens with zero attached hydrogens (tertiary/aromatic N) is 3. The van der Waals surface area contributed by atoms with Gasteiger partial charge in [-0.25, -0.2) is 13.9 Å². The van der Waals surface area contributed by atoms with Crippen molar-refractivity contribution in [3.05, 3.63) is 77.1 Å². The number of aryl methyl sites for hydroxylation is 1. The van der Waals surface area contributed by atoms with Gasteiger partial charge in [-0.15, -0.1) is 0 Å². The van der Waals surface area contributed by atoms with E-state index >= 15 is 0 Å². The second kappa shape index (κ2) is 8.33. The first kappa shape index (κ1) is 18.3. The van der Waals surface area contributed by atoms with E-state index in [0.717, 1.165) is 61.0 Å². The van der Waals surface area contributed by atoms with Crippen LogP contribution in [0.15, 0.2) is 48.8 Å². The fraction of sp³-hybridized carbons (Fsp3) is 0.318. The Balaban J connectivity index is 1.47. The number of carbonyl (C=O) groups is 1. The van der Waals surface area contributed by atoms with Gasteiger partial charge in [0.2, 0.25) is 0 Å². The number of fused-ring (bicyclic) bond motifs is 1. The van der Waals surface area contributed by atoms with Gasteiger partial charge in [-0.2, -0.15) is 5.10 Å². The molecule has 3 aromatic rings. The Morgan fingerprint density at radius 2 is 1.96 bits per heavy atom. The van der Waals surface area contributed by atoms with Crippen LogP contribution in [0.4, 0.5) is 4.39 Å². The monoisotopic (exact) mass is 379 g/mol. The molecule has 0 fully saturated rings. The van der Waals surface area contributed by atoms with Gasteiger partial charge in [0.05, 0.1) is 12.3 Å². The number of hydrogen-bond acceptors (Lipinski definition) is 4. The van der Waals surface area contributed by atoms with Crippen molar-refractivity contribution in [1.29, 1.82) is 0 Å². The number of aromatic nitrogens is 3. The smallest absolute Gasteiger partial charge is 0.359 e. The van der Waals surface area contributed by atoms with Gasteiger partial charge in [0, 0.05) is 23.7 Å². The Kier molecular flexibility index (Phi) is 5.46. The molecule has 144 valence electrons. The SMILES string of the molecule is O=C(OCCCc1cccnc1)c1nn(-c2ccc(F)cc2)c2c1CCCC2. The van der Waals surface area contributed by atoms with Gasteiger partial charge >= 0.3 is 5.97 Å². The van der Waals surface area contributed by atoms with Crippen molar-refractivity contribution < 1.29 is 13.9 Å². The molecule has 1 aliphatic carbocycles. The summed E-state index contributed by atoms with van der Waals surface area (Å²) in [6.07, 6.45) is 8.86. The van der Waals surface area contributed by atoms with Crippen molar-refractivity contribution in [2.24, 2.45) is 0 Å². The van der Waals surface area contributed by atoms with E-state index in [2.05, 4.69) is 10.1 Å². The Bertz CT molecular complexity index is 952. The summed E-state index contributed by atoms with van der Waals surface area (Å²) >= 11 is 0. The molecule has 2 aromatic heterocycles. The largest absolute Gasteiger partial charge is 0.461 e. The predicted molar refractivity (Wildman–Crippen MR) is 103 cm³/mol. The zero-order valence-electron chi connectivity index (χ0n) is 15.6. The summed E-state index contributed by atoms with van der Waals surface area (Å²) in [6, 6.07) is 10.1. The predicted octanol–water partition coefficient (Wildman–Crippen LogP) is 4.07. The van der Waals surface area contributed by atoms with E-state index in [4.69, 9.17) is 4.74 Å². The molecule has 0 radical (unpaired) electrons. The van der Waals surface area contributed by atoms with Crippen LogP contribution >= 0.6 is 0 Å². The fourth-order valence-electron chi connectivity index (χ4n) is 3.61. The summed E-state index contributed by atoms with van der Waals surface area (Å²) in [5.74, 6) is -0.678. The minimum absolute atomic E-state index is 0.293. The van der Waals surface area contributed by atoms with Crippen molar-refractivity contribution in [3.8, 4) is 5.69 Å². The van der Waals surface area contributed by atoms with E-state index in [0.29, 0.717) is 12.3 Å². The number of benzene rings is 1. The van der Waals surface area contributed by atoms with E-state index in [1.165, 1.54) is 12.1 Å². The Hall–Kier alpha value is -3.02. The molecule has 0 saturated carbocycles. The average molecular weight is 379 g/mol. The highest BCUT2D eigenvalue weighted by Gasteiger charge is 2.26. The lowest BCUT2D eigenvalue weighted by Gasteiger charge is -2.14. The highest BCUT2D eigenvalue weighted by atomic mass is 19.1. The quantitative estimate of drug-likeness (QED) is 0.478. The first-order valence-electron chi connectivity index (χ1n) is 9.65. The molecule has 2 heterocycles. The molecule has 5 nitrogen and oxygen atoms in total. The van der Waals surface area contributed by atoms with Gasteiger partial charge in [-0.3, -0.25) is 4.98 Å². The van der Waals surface area contributed by atoms with E-state index in [-0.39, 0.29) is 11.8 Å². The van der Waals surface area contributed by atoms with E-state index < -0.39 is 0 Å². The number of rotatable bonds is 6. The van der Waals surface area contributed by atoms with Crippen molar-refractivity contribution >= 4 is 5.97 Å². The third-order valence-electron chi connectivity index (χ3n) is 5.01. The standard InChI is InChI=1S/C22H22FN3O2/c23-17-9-11-18(12-10-17)26-20-8-2-1-7-19(20)21(25-26)22(27)28-14-4-6-16-5-3-13-24-15-16/h3,5,9-13,15H,1-2,4,6-8,14H2. The molecule has 0 atom stereocenters. The molecular weight excluding hydrogens is 357 g/mol. The molecule has 4 rings (SSSR count). The molecular formula is C22H22FN3O2. The molecule has 1 aromatic carbocycles. The Labute approximate surface area is 163 Å². The van der Waals surface area contributed by atoms with Gasteiger partial charge in [0.25, 0.3) is 0 Å². The van der Waals surface area contributed by atoms with Gasteiger partial charge in [-0.05, 0) is 74.4 Å². The van der Waals surface area contributed by atoms with Gasteiger partial charge < -0.3 is 4.74 Å². The zero-order chi connectivity index (χ0) is 19.3. The molecule has 0 spiro atoms. The molecule has 1 aliphatic rings. The maximum absolute atomic E-state index is 13.3. The van der Waals surface area contributed by atoms with E-state index in [1.54, 1.807) is 23.0 Å². The lowest BCUT2D eigenvalue weighted by Crippen LogP contribution is -2.11. The van der Waals surface area contributed by atoms with Crippen LogP contribution in [0.3, 0.4) is 0 Å². The summed E-state index contributed by atoms with van der Waals surface area (Å²) in [5.41, 5.74) is 4.26. The first-order chi connectivity index (χ1) is 13.7. The minimum atomic E-state index is -0.384. The molecule has 0 saturated heterocycles. The van der Waals surface area contributed by atoms with Crippen LogP contribution in [0.2, 0.25) is 0 Å². The van der Waals surface area contributed by atoms with E-state index in [9.17, 15) is 9.18 Å². The van der Waals surface area contributed by atoms with Gasteiger partial charge in [0.1, 0.15) is 5.82 Å². The maximum Gasteiger partial charge on any atom is 0.359 e. The van der Waals surface area contributed by atoms with Crippen LogP contribution < -0.4 is 0 Å². The fourth-order valence-corrected chi connectivity index (χ4v) is 3.61. The maximum atomic E-state index is 13.3. The minimum Gasteiger partial charge on any atom is -0.461 e. The first-order valence-corrected chi connectivity index (χ1v) is 9.65. The zero-order valence-corrected chi connectivity index (χ0v) is 15.6. The van der Waals surface area contributed by atoms with E-state index in [1.807, 2.05) is 18.3 Å². The van der Waals surface area contributed by atoms with Crippen molar-refractivity contribution in [1.82, 2.24) is 14.8 Å². The second-order valence-corrected chi connectivity index (χ2v) is 6.97. The lowest BCUT2D eigenvalue weighted by atomic mass is 9.95. The van der Waals surface area contributed by atoms with Crippen LogP contribution in [0, 0.1) is 5.82 Å². The van der Waals surface area contributed by atoms with Crippen LogP contribution in [-0.4, -0.2) is 27.3 Å². The third-order valence-corrected chi connectivity index (χ3v) is 5.01. The summed E-state index contributed by atoms with van der Waals surface area (Å²) in [6.45, 7) is 0.339. The molecule has 0 aliphatic heterocycles. The average Bonchev–Trinajstić information content (AvgIpc) is 3.12. The van der Waals surface area contributed by atoms with Crippen molar-refractivity contribution in [2.75, 3.05) is 6.61 Å². The summed E-state index contributed by atoms with van der Waals surface area (Å²) < 4.78 is 20.5. The normalized spacial score (nSPS) is 13.2. The Morgan fingerprint density at radius 1 is 1.14 bits per heavy atom. The number of carbonyl (C=O) groups excluding carboxylic acids is 1.